The van der Waals surface area contributed by atoms with Gasteiger partial charge >= 0.3 is 0 Å². The van der Waals surface area contributed by atoms with Crippen LogP contribution in [0.2, 0.25) is 0 Å². The van der Waals surface area contributed by atoms with E-state index in [1.54, 1.807) is 29.4 Å². The number of pyridine rings is 1. The van der Waals surface area contributed by atoms with Crippen molar-refractivity contribution in [3.05, 3.63) is 30.1 Å². The van der Waals surface area contributed by atoms with Gasteiger partial charge in [-0.3, -0.25) is 14.6 Å². The van der Waals surface area contributed by atoms with Gasteiger partial charge in [0.15, 0.2) is 0 Å². The molecule has 0 spiro atoms. The van der Waals surface area contributed by atoms with Crippen molar-refractivity contribution in [3.8, 4) is 0 Å². The van der Waals surface area contributed by atoms with E-state index in [9.17, 15) is 9.59 Å². The highest BCUT2D eigenvalue weighted by Crippen LogP contribution is 2.29. The van der Waals surface area contributed by atoms with Gasteiger partial charge < -0.3 is 10.2 Å². The number of nitrogens with zero attached hydrogens (tertiary/aromatic N) is 2. The molecule has 2 rings (SSSR count). The highest BCUT2D eigenvalue weighted by molar-refractivity contribution is 5.99. The molecule has 1 N–H and O–H groups in total. The maximum atomic E-state index is 12.9. The van der Waals surface area contributed by atoms with Gasteiger partial charge in [0.1, 0.15) is 5.54 Å². The van der Waals surface area contributed by atoms with Crippen LogP contribution in [0.25, 0.3) is 0 Å². The van der Waals surface area contributed by atoms with Gasteiger partial charge in [0.2, 0.25) is 5.91 Å². The Balaban J connectivity index is 2.25. The fourth-order valence-corrected chi connectivity index (χ4v) is 2.99. The summed E-state index contributed by atoms with van der Waals surface area (Å²) in [7, 11) is 0. The number of amides is 2. The molecule has 2 heterocycles. The number of carbonyl (C=O) groups excluding carboxylic acids is 2. The lowest BCUT2D eigenvalue weighted by Gasteiger charge is -2.39. The van der Waals surface area contributed by atoms with Gasteiger partial charge in [-0.1, -0.05) is 26.7 Å². The van der Waals surface area contributed by atoms with Crippen molar-refractivity contribution in [1.82, 2.24) is 15.2 Å². The zero-order chi connectivity index (χ0) is 16.9. The zero-order valence-corrected chi connectivity index (χ0v) is 14.3. The number of rotatable bonds is 4. The second-order valence-corrected chi connectivity index (χ2v) is 6.89. The fraction of sp³-hybridized carbons (Fsp3) is 0.611. The van der Waals surface area contributed by atoms with Crippen LogP contribution in [0.15, 0.2) is 24.5 Å². The first-order chi connectivity index (χ1) is 10.9. The maximum absolute atomic E-state index is 12.9. The maximum Gasteiger partial charge on any atom is 0.256 e. The number of carbonyl (C=O) groups is 2. The lowest BCUT2D eigenvalue weighted by Crippen LogP contribution is -2.59. The summed E-state index contributed by atoms with van der Waals surface area (Å²) in [5, 5.41) is 3.01. The predicted octanol–water partition coefficient (Wildman–Crippen LogP) is 2.63. The van der Waals surface area contributed by atoms with Crippen molar-refractivity contribution in [2.24, 2.45) is 5.92 Å². The molecular weight excluding hydrogens is 290 g/mol. The molecular formula is C18H27N3O2. The van der Waals surface area contributed by atoms with E-state index >= 15 is 0 Å². The van der Waals surface area contributed by atoms with Crippen LogP contribution >= 0.6 is 0 Å². The van der Waals surface area contributed by atoms with Gasteiger partial charge in [0, 0.05) is 25.5 Å². The van der Waals surface area contributed by atoms with E-state index in [2.05, 4.69) is 24.1 Å². The average molecular weight is 317 g/mol. The average Bonchev–Trinajstić information content (AvgIpc) is 2.75. The smallest absolute Gasteiger partial charge is 0.256 e. The van der Waals surface area contributed by atoms with Crippen molar-refractivity contribution >= 4 is 11.8 Å². The van der Waals surface area contributed by atoms with Crippen LogP contribution in [-0.2, 0) is 4.79 Å². The first-order valence-corrected chi connectivity index (χ1v) is 8.45. The van der Waals surface area contributed by atoms with Gasteiger partial charge in [-0.15, -0.1) is 0 Å². The monoisotopic (exact) mass is 317 g/mol. The molecule has 1 unspecified atom stereocenters. The number of hydrogen-bond acceptors (Lipinski definition) is 3. The first-order valence-electron chi connectivity index (χ1n) is 8.45. The zero-order valence-electron chi connectivity index (χ0n) is 14.3. The van der Waals surface area contributed by atoms with Crippen LogP contribution in [-0.4, -0.2) is 40.3 Å². The van der Waals surface area contributed by atoms with Crippen molar-refractivity contribution in [3.63, 3.8) is 0 Å². The van der Waals surface area contributed by atoms with E-state index in [1.807, 2.05) is 6.92 Å². The molecule has 1 saturated heterocycles. The number of hydrogen-bond donors (Lipinski definition) is 1. The molecule has 0 saturated carbocycles. The van der Waals surface area contributed by atoms with Crippen molar-refractivity contribution in [1.29, 1.82) is 0 Å². The Hall–Kier alpha value is -1.91. The van der Waals surface area contributed by atoms with Crippen LogP contribution in [0, 0.1) is 5.92 Å². The molecule has 1 atom stereocenters. The lowest BCUT2D eigenvalue weighted by molar-refractivity contribution is -0.131. The highest BCUT2D eigenvalue weighted by atomic mass is 16.2. The molecule has 1 aromatic rings. The SMILES string of the molecule is CC(C)CNC(=O)C1(C)CCCCCN1C(=O)c1cccnc1. The molecule has 1 aromatic heterocycles. The number of nitrogens with one attached hydrogen (secondary N) is 1. The highest BCUT2D eigenvalue weighted by Gasteiger charge is 2.42. The number of likely N-dealkylation sites (tertiary alicyclic amines) is 1. The Morgan fingerprint density at radius 2 is 2.13 bits per heavy atom. The Kier molecular flexibility index (Phi) is 5.74. The minimum Gasteiger partial charge on any atom is -0.354 e. The van der Waals surface area contributed by atoms with E-state index < -0.39 is 5.54 Å². The molecule has 0 aromatic carbocycles. The minimum absolute atomic E-state index is 0.0506. The second-order valence-electron chi connectivity index (χ2n) is 6.89. The summed E-state index contributed by atoms with van der Waals surface area (Å²) in [5.74, 6) is 0.225. The van der Waals surface area contributed by atoms with Gasteiger partial charge in [-0.25, -0.2) is 0 Å². The summed E-state index contributed by atoms with van der Waals surface area (Å²) < 4.78 is 0. The van der Waals surface area contributed by atoms with Crippen LogP contribution < -0.4 is 5.32 Å². The summed E-state index contributed by atoms with van der Waals surface area (Å²) in [6.45, 7) is 7.26. The van der Waals surface area contributed by atoms with E-state index in [0.717, 1.165) is 19.3 Å². The minimum atomic E-state index is -0.793. The Morgan fingerprint density at radius 1 is 1.35 bits per heavy atom. The lowest BCUT2D eigenvalue weighted by atomic mass is 9.92. The van der Waals surface area contributed by atoms with Crippen LogP contribution in [0.1, 0.15) is 56.8 Å². The third-order valence-corrected chi connectivity index (χ3v) is 4.45. The molecule has 0 bridgehead atoms. The predicted molar refractivity (Wildman–Crippen MR) is 90.0 cm³/mol. The van der Waals surface area contributed by atoms with E-state index in [1.165, 1.54) is 0 Å². The Labute approximate surface area is 138 Å². The van der Waals surface area contributed by atoms with Crippen LogP contribution in [0.4, 0.5) is 0 Å². The van der Waals surface area contributed by atoms with Crippen molar-refractivity contribution in [2.75, 3.05) is 13.1 Å². The van der Waals surface area contributed by atoms with Gasteiger partial charge in [0.25, 0.3) is 5.91 Å². The Morgan fingerprint density at radius 3 is 2.78 bits per heavy atom. The van der Waals surface area contributed by atoms with E-state index in [-0.39, 0.29) is 11.8 Å². The van der Waals surface area contributed by atoms with Crippen molar-refractivity contribution in [2.45, 2.75) is 52.0 Å². The third-order valence-electron chi connectivity index (χ3n) is 4.45. The first kappa shape index (κ1) is 17.4. The quantitative estimate of drug-likeness (QED) is 0.928. The molecule has 1 fully saturated rings. The van der Waals surface area contributed by atoms with Crippen LogP contribution in [0.5, 0.6) is 0 Å². The van der Waals surface area contributed by atoms with Crippen molar-refractivity contribution < 1.29 is 9.59 Å². The molecule has 23 heavy (non-hydrogen) atoms. The summed E-state index contributed by atoms with van der Waals surface area (Å²) >= 11 is 0. The van der Waals surface area contributed by atoms with E-state index in [0.29, 0.717) is 31.0 Å². The standard InChI is InChI=1S/C18H27N3O2/c1-14(2)12-20-17(23)18(3)9-5-4-6-11-21(18)16(22)15-8-7-10-19-13-15/h7-8,10,13-14H,4-6,9,11-12H2,1-3H3,(H,20,23). The summed E-state index contributed by atoms with van der Waals surface area (Å²) in [5.41, 5.74) is -0.254. The van der Waals surface area contributed by atoms with E-state index in [4.69, 9.17) is 0 Å². The molecule has 1 aliphatic heterocycles. The molecule has 0 aliphatic carbocycles. The molecule has 5 nitrogen and oxygen atoms in total. The third kappa shape index (κ3) is 4.09. The second kappa shape index (κ2) is 7.57. The Bertz CT molecular complexity index is 544. The van der Waals surface area contributed by atoms with Crippen LogP contribution in [0.3, 0.4) is 0 Å². The molecule has 2 amide bonds. The van der Waals surface area contributed by atoms with Gasteiger partial charge in [0.05, 0.1) is 5.56 Å². The largest absolute Gasteiger partial charge is 0.354 e. The van der Waals surface area contributed by atoms with Gasteiger partial charge in [-0.2, -0.15) is 0 Å². The summed E-state index contributed by atoms with van der Waals surface area (Å²) in [6.07, 6.45) is 6.85. The summed E-state index contributed by atoms with van der Waals surface area (Å²) in [4.78, 5) is 31.5. The molecule has 5 heteroatoms. The summed E-state index contributed by atoms with van der Waals surface area (Å²) in [6, 6.07) is 3.51. The normalized spacial score (nSPS) is 21.8. The topological polar surface area (TPSA) is 62.3 Å². The molecule has 0 radical (unpaired) electrons. The molecule has 1 aliphatic rings. The van der Waals surface area contributed by atoms with Gasteiger partial charge in [-0.05, 0) is 37.8 Å². The molecule has 126 valence electrons. The fourth-order valence-electron chi connectivity index (χ4n) is 2.99. The number of aromatic nitrogens is 1.